The maximum Gasteiger partial charge on any atom is 0.220 e. The molecule has 1 aliphatic heterocycles. The van der Waals surface area contributed by atoms with E-state index in [1.54, 1.807) is 0 Å². The van der Waals surface area contributed by atoms with Gasteiger partial charge in [-0.05, 0) is 53.0 Å². The van der Waals surface area contributed by atoms with E-state index in [4.69, 9.17) is 5.73 Å². The van der Waals surface area contributed by atoms with Crippen LogP contribution in [0.2, 0.25) is 0 Å². The largest absolute Gasteiger partial charge is 0.353 e. The summed E-state index contributed by atoms with van der Waals surface area (Å²) in [6, 6.07) is 0.380. The number of nitrogens with one attached hydrogen (secondary N) is 1. The van der Waals surface area contributed by atoms with Gasteiger partial charge in [0.1, 0.15) is 0 Å². The average Bonchev–Trinajstić information content (AvgIpc) is 2.38. The van der Waals surface area contributed by atoms with Gasteiger partial charge in [-0.1, -0.05) is 12.8 Å². The molecule has 20 heavy (non-hydrogen) atoms. The van der Waals surface area contributed by atoms with Gasteiger partial charge in [-0.2, -0.15) is 0 Å². The molecule has 0 radical (unpaired) electrons. The van der Waals surface area contributed by atoms with E-state index in [-0.39, 0.29) is 11.4 Å². The molecule has 0 spiro atoms. The lowest BCUT2D eigenvalue weighted by Crippen LogP contribution is -2.50. The number of nitrogens with two attached hydrogens (primary N) is 1. The first-order valence-electron chi connectivity index (χ1n) is 8.18. The summed E-state index contributed by atoms with van der Waals surface area (Å²) in [4.78, 5) is 14.4. The molecule has 0 unspecified atom stereocenters. The summed E-state index contributed by atoms with van der Waals surface area (Å²) >= 11 is 0. The monoisotopic (exact) mass is 283 g/mol. The van der Waals surface area contributed by atoms with Gasteiger partial charge in [0.2, 0.25) is 5.91 Å². The van der Waals surface area contributed by atoms with E-state index in [9.17, 15) is 4.79 Å². The first kappa shape index (κ1) is 17.4. The zero-order valence-electron chi connectivity index (χ0n) is 13.6. The van der Waals surface area contributed by atoms with Gasteiger partial charge in [-0.25, -0.2) is 0 Å². The second-order valence-electron chi connectivity index (χ2n) is 6.95. The van der Waals surface area contributed by atoms with Crippen molar-refractivity contribution in [3.05, 3.63) is 0 Å². The number of amides is 1. The number of likely N-dealkylation sites (tertiary alicyclic amines) is 1. The van der Waals surface area contributed by atoms with Gasteiger partial charge < -0.3 is 11.1 Å². The highest BCUT2D eigenvalue weighted by molar-refractivity contribution is 5.76. The quantitative estimate of drug-likeness (QED) is 0.705. The van der Waals surface area contributed by atoms with E-state index in [0.717, 1.165) is 58.2 Å². The molecular formula is C16H33N3O. The van der Waals surface area contributed by atoms with Crippen molar-refractivity contribution in [2.75, 3.05) is 19.6 Å². The highest BCUT2D eigenvalue weighted by atomic mass is 16.1. The van der Waals surface area contributed by atoms with Crippen molar-refractivity contribution in [2.45, 2.75) is 77.3 Å². The minimum absolute atomic E-state index is 0.229. The van der Waals surface area contributed by atoms with Crippen molar-refractivity contribution in [3.8, 4) is 0 Å². The minimum atomic E-state index is 0.229. The lowest BCUT2D eigenvalue weighted by atomic mass is 9.98. The fourth-order valence-electron chi connectivity index (χ4n) is 2.78. The molecule has 118 valence electrons. The lowest BCUT2D eigenvalue weighted by molar-refractivity contribution is -0.122. The van der Waals surface area contributed by atoms with Crippen molar-refractivity contribution in [3.63, 3.8) is 0 Å². The normalized spacial score (nSPS) is 18.2. The lowest BCUT2D eigenvalue weighted by Gasteiger charge is -2.41. The standard InChI is InChI=1S/C16H33N3O/c1-16(2,3)19-12-9-14(10-13-19)18-15(20)8-6-4-5-7-11-17/h14H,4-13,17H2,1-3H3,(H,18,20). The van der Waals surface area contributed by atoms with E-state index in [1.165, 1.54) is 0 Å². The molecule has 0 aromatic rings. The molecule has 1 rings (SSSR count). The zero-order chi connectivity index (χ0) is 15.0. The summed E-state index contributed by atoms with van der Waals surface area (Å²) in [7, 11) is 0. The highest BCUT2D eigenvalue weighted by Gasteiger charge is 2.27. The van der Waals surface area contributed by atoms with Gasteiger partial charge in [-0.3, -0.25) is 9.69 Å². The van der Waals surface area contributed by atoms with Gasteiger partial charge in [0.15, 0.2) is 0 Å². The van der Waals surface area contributed by atoms with Crippen LogP contribution >= 0.6 is 0 Å². The number of carbonyl (C=O) groups is 1. The van der Waals surface area contributed by atoms with E-state index in [0.29, 0.717) is 12.5 Å². The maximum absolute atomic E-state index is 11.9. The first-order chi connectivity index (χ1) is 9.43. The number of rotatable bonds is 7. The molecule has 1 aliphatic rings. The third-order valence-electron chi connectivity index (χ3n) is 4.17. The number of piperidine rings is 1. The van der Waals surface area contributed by atoms with Gasteiger partial charge in [0.05, 0.1) is 0 Å². The van der Waals surface area contributed by atoms with E-state index in [2.05, 4.69) is 31.0 Å². The first-order valence-corrected chi connectivity index (χ1v) is 8.18. The molecule has 1 amide bonds. The summed E-state index contributed by atoms with van der Waals surface area (Å²) in [6.45, 7) is 9.71. The predicted molar refractivity (Wildman–Crippen MR) is 84.6 cm³/mol. The number of hydrogen-bond acceptors (Lipinski definition) is 3. The SMILES string of the molecule is CC(C)(C)N1CCC(NC(=O)CCCCCCN)CC1. The fourth-order valence-corrected chi connectivity index (χ4v) is 2.78. The van der Waals surface area contributed by atoms with Crippen molar-refractivity contribution in [2.24, 2.45) is 5.73 Å². The molecule has 4 heteroatoms. The number of hydrogen-bond donors (Lipinski definition) is 2. The van der Waals surface area contributed by atoms with E-state index in [1.807, 2.05) is 0 Å². The number of carbonyl (C=O) groups excluding carboxylic acids is 1. The van der Waals surface area contributed by atoms with Crippen molar-refractivity contribution in [1.82, 2.24) is 10.2 Å². The van der Waals surface area contributed by atoms with Crippen LogP contribution in [0.25, 0.3) is 0 Å². The van der Waals surface area contributed by atoms with Gasteiger partial charge in [0.25, 0.3) is 0 Å². The van der Waals surface area contributed by atoms with E-state index < -0.39 is 0 Å². The summed E-state index contributed by atoms with van der Waals surface area (Å²) in [5.41, 5.74) is 5.70. The Kier molecular flexibility index (Phi) is 7.52. The Hall–Kier alpha value is -0.610. The third kappa shape index (κ3) is 6.71. The molecule has 0 atom stereocenters. The summed E-state index contributed by atoms with van der Waals surface area (Å²) < 4.78 is 0. The Morgan fingerprint density at radius 3 is 2.30 bits per heavy atom. The predicted octanol–water partition coefficient (Wildman–Crippen LogP) is 2.27. The average molecular weight is 283 g/mol. The summed E-state index contributed by atoms with van der Waals surface area (Å²) in [5.74, 6) is 0.229. The van der Waals surface area contributed by atoms with Crippen LogP contribution in [-0.4, -0.2) is 42.0 Å². The third-order valence-corrected chi connectivity index (χ3v) is 4.17. The van der Waals surface area contributed by atoms with E-state index >= 15 is 0 Å². The molecular weight excluding hydrogens is 250 g/mol. The molecule has 1 fully saturated rings. The van der Waals surface area contributed by atoms with Crippen LogP contribution in [0.5, 0.6) is 0 Å². The van der Waals surface area contributed by atoms with Gasteiger partial charge in [0, 0.05) is 31.1 Å². The second-order valence-corrected chi connectivity index (χ2v) is 6.95. The molecule has 4 nitrogen and oxygen atoms in total. The Bertz CT molecular complexity index is 278. The Morgan fingerprint density at radius 2 is 1.75 bits per heavy atom. The number of unbranched alkanes of at least 4 members (excludes halogenated alkanes) is 3. The van der Waals surface area contributed by atoms with Crippen molar-refractivity contribution in [1.29, 1.82) is 0 Å². The van der Waals surface area contributed by atoms with Crippen LogP contribution in [0.4, 0.5) is 0 Å². The fraction of sp³-hybridized carbons (Fsp3) is 0.938. The molecule has 0 aromatic heterocycles. The van der Waals surface area contributed by atoms with Crippen LogP contribution in [-0.2, 0) is 4.79 Å². The zero-order valence-corrected chi connectivity index (χ0v) is 13.6. The summed E-state index contributed by atoms with van der Waals surface area (Å²) in [6.07, 6.45) is 7.16. The topological polar surface area (TPSA) is 58.4 Å². The Balaban J connectivity index is 2.12. The van der Waals surface area contributed by atoms with Crippen LogP contribution in [0.15, 0.2) is 0 Å². The molecule has 0 saturated carbocycles. The Labute approximate surface area is 124 Å². The molecule has 1 saturated heterocycles. The van der Waals surface area contributed by atoms with Crippen molar-refractivity contribution >= 4 is 5.91 Å². The van der Waals surface area contributed by atoms with Crippen LogP contribution < -0.4 is 11.1 Å². The summed E-state index contributed by atoms with van der Waals surface area (Å²) in [5, 5.41) is 3.19. The molecule has 3 N–H and O–H groups in total. The van der Waals surface area contributed by atoms with Crippen LogP contribution in [0, 0.1) is 0 Å². The maximum atomic E-state index is 11.9. The minimum Gasteiger partial charge on any atom is -0.353 e. The molecule has 0 bridgehead atoms. The highest BCUT2D eigenvalue weighted by Crippen LogP contribution is 2.20. The van der Waals surface area contributed by atoms with Crippen molar-refractivity contribution < 1.29 is 4.79 Å². The number of nitrogens with zero attached hydrogens (tertiary/aromatic N) is 1. The van der Waals surface area contributed by atoms with Gasteiger partial charge >= 0.3 is 0 Å². The smallest absolute Gasteiger partial charge is 0.220 e. The van der Waals surface area contributed by atoms with Crippen LogP contribution in [0.1, 0.15) is 65.7 Å². The second kappa shape index (κ2) is 8.63. The Morgan fingerprint density at radius 1 is 1.15 bits per heavy atom. The molecule has 0 aromatic carbocycles. The van der Waals surface area contributed by atoms with Crippen LogP contribution in [0.3, 0.4) is 0 Å². The van der Waals surface area contributed by atoms with Gasteiger partial charge in [-0.15, -0.1) is 0 Å². The molecule has 0 aliphatic carbocycles. The molecule has 1 heterocycles.